The van der Waals surface area contributed by atoms with Crippen molar-refractivity contribution in [3.63, 3.8) is 0 Å². The van der Waals surface area contributed by atoms with Gasteiger partial charge in [0, 0.05) is 16.6 Å². The van der Waals surface area contributed by atoms with Crippen molar-refractivity contribution < 1.29 is 13.9 Å². The maximum absolute atomic E-state index is 13.7. The molecule has 1 amide bonds. The summed E-state index contributed by atoms with van der Waals surface area (Å²) in [4.78, 5) is 24.4. The Balaban J connectivity index is 1.61. The molecule has 160 valence electrons. The average molecular weight is 464 g/mol. The summed E-state index contributed by atoms with van der Waals surface area (Å²) < 4.78 is 12.3. The molecule has 0 unspecified atom stereocenters. The fraction of sp³-hybridized carbons (Fsp3) is 0.125. The molecule has 0 saturated heterocycles. The smallest absolute Gasteiger partial charge is 0.296 e. The Kier molecular flexibility index (Phi) is 5.28. The second kappa shape index (κ2) is 8.26. The minimum absolute atomic E-state index is 0.203. The van der Waals surface area contributed by atoms with Crippen molar-refractivity contribution in [3.8, 4) is 5.75 Å². The van der Waals surface area contributed by atoms with Crippen LogP contribution >= 0.6 is 22.9 Å². The van der Waals surface area contributed by atoms with E-state index >= 15 is 0 Å². The van der Waals surface area contributed by atoms with Gasteiger partial charge >= 0.3 is 0 Å². The Morgan fingerprint density at radius 2 is 2.06 bits per heavy atom. The van der Waals surface area contributed by atoms with E-state index in [9.17, 15) is 4.79 Å². The van der Waals surface area contributed by atoms with Crippen LogP contribution in [0, 0.1) is 6.92 Å². The summed E-state index contributed by atoms with van der Waals surface area (Å²) in [6.07, 6.45) is 1.70. The number of benzene rings is 2. The van der Waals surface area contributed by atoms with Crippen LogP contribution in [0.2, 0.25) is 5.02 Å². The van der Waals surface area contributed by atoms with Crippen molar-refractivity contribution in [1.29, 1.82) is 0 Å². The van der Waals surface area contributed by atoms with Crippen LogP contribution in [0.3, 0.4) is 0 Å². The lowest BCUT2D eigenvalue weighted by Crippen LogP contribution is -2.30. The highest BCUT2D eigenvalue weighted by Gasteiger charge is 2.26. The summed E-state index contributed by atoms with van der Waals surface area (Å²) in [6.45, 7) is 2.17. The summed E-state index contributed by atoms with van der Waals surface area (Å²) in [7, 11) is 1.57. The van der Waals surface area contributed by atoms with Crippen LogP contribution in [-0.4, -0.2) is 23.0 Å². The Morgan fingerprint density at radius 1 is 1.19 bits per heavy atom. The third-order valence-electron chi connectivity index (χ3n) is 5.20. The summed E-state index contributed by atoms with van der Waals surface area (Å²) in [6, 6.07) is 16.6. The average Bonchev–Trinajstić information content (AvgIpc) is 3.45. The molecule has 0 fully saturated rings. The van der Waals surface area contributed by atoms with E-state index in [4.69, 9.17) is 25.7 Å². The van der Waals surface area contributed by atoms with Gasteiger partial charge in [0.2, 0.25) is 0 Å². The van der Waals surface area contributed by atoms with Crippen molar-refractivity contribution in [2.45, 2.75) is 13.5 Å². The van der Waals surface area contributed by atoms with Gasteiger partial charge in [0.15, 0.2) is 22.2 Å². The van der Waals surface area contributed by atoms with Crippen molar-refractivity contribution in [1.82, 2.24) is 9.97 Å². The number of anilines is 1. The number of aryl methyl sites for hydroxylation is 1. The molecule has 0 aliphatic heterocycles. The number of thiazole rings is 1. The summed E-state index contributed by atoms with van der Waals surface area (Å²) in [5.41, 5.74) is 2.93. The zero-order valence-corrected chi connectivity index (χ0v) is 18.9. The lowest BCUT2D eigenvalue weighted by Gasteiger charge is -2.18. The van der Waals surface area contributed by atoms with Gasteiger partial charge in [0.25, 0.3) is 5.91 Å². The molecule has 5 aromatic rings. The van der Waals surface area contributed by atoms with E-state index in [1.165, 1.54) is 11.3 Å². The summed E-state index contributed by atoms with van der Waals surface area (Å²) >= 11 is 7.71. The largest absolute Gasteiger partial charge is 0.493 e. The number of hydrogen-bond acceptors (Lipinski definition) is 6. The van der Waals surface area contributed by atoms with Gasteiger partial charge in [-0.2, -0.15) is 0 Å². The molecule has 0 atom stereocenters. The van der Waals surface area contributed by atoms with Crippen LogP contribution in [-0.2, 0) is 6.54 Å². The molecule has 0 radical (unpaired) electrons. The number of furan rings is 1. The Labute approximate surface area is 193 Å². The lowest BCUT2D eigenvalue weighted by molar-refractivity contribution is 0.0960. The van der Waals surface area contributed by atoms with E-state index in [1.54, 1.807) is 30.3 Å². The van der Waals surface area contributed by atoms with Crippen LogP contribution in [0.1, 0.15) is 21.8 Å². The van der Waals surface area contributed by atoms with Gasteiger partial charge in [-0.1, -0.05) is 41.1 Å². The number of hydrogen-bond donors (Lipinski definition) is 0. The second-order valence-electron chi connectivity index (χ2n) is 7.22. The van der Waals surface area contributed by atoms with Crippen molar-refractivity contribution in [2.24, 2.45) is 0 Å². The quantitative estimate of drug-likeness (QED) is 0.308. The molecule has 3 heterocycles. The number of fused-ring (bicyclic) bond motifs is 2. The van der Waals surface area contributed by atoms with Crippen molar-refractivity contribution >= 4 is 55.2 Å². The number of pyridine rings is 1. The first-order valence-corrected chi connectivity index (χ1v) is 11.1. The number of nitrogens with zero attached hydrogens (tertiary/aromatic N) is 3. The Bertz CT molecular complexity index is 1450. The number of halogens is 1. The van der Waals surface area contributed by atoms with Crippen LogP contribution < -0.4 is 9.64 Å². The number of carbonyl (C=O) groups excluding carboxylic acids is 1. The molecule has 6 nitrogen and oxygen atoms in total. The van der Waals surface area contributed by atoms with Crippen LogP contribution in [0.4, 0.5) is 5.13 Å². The summed E-state index contributed by atoms with van der Waals surface area (Å²) in [5.74, 6) is 0.467. The van der Waals surface area contributed by atoms with Gasteiger partial charge in [0.1, 0.15) is 0 Å². The molecule has 32 heavy (non-hydrogen) atoms. The monoisotopic (exact) mass is 463 g/mol. The number of rotatable bonds is 5. The summed E-state index contributed by atoms with van der Waals surface area (Å²) in [5, 5.41) is 1.98. The van der Waals surface area contributed by atoms with E-state index in [2.05, 4.69) is 4.98 Å². The highest BCUT2D eigenvalue weighted by molar-refractivity contribution is 7.22. The molecule has 0 aliphatic carbocycles. The third kappa shape index (κ3) is 3.59. The van der Waals surface area contributed by atoms with E-state index < -0.39 is 0 Å². The van der Waals surface area contributed by atoms with Gasteiger partial charge in [-0.05, 0) is 48.9 Å². The number of aromatic nitrogens is 2. The first-order chi connectivity index (χ1) is 15.5. The van der Waals surface area contributed by atoms with Gasteiger partial charge in [-0.25, -0.2) is 4.98 Å². The first-order valence-electron chi connectivity index (χ1n) is 9.89. The van der Waals surface area contributed by atoms with E-state index in [-0.39, 0.29) is 18.2 Å². The first kappa shape index (κ1) is 20.5. The van der Waals surface area contributed by atoms with Crippen molar-refractivity contribution in [2.75, 3.05) is 12.0 Å². The minimum atomic E-state index is -0.309. The predicted octanol–water partition coefficient (Wildman–Crippen LogP) is 6.25. The predicted molar refractivity (Wildman–Crippen MR) is 127 cm³/mol. The number of carbonyl (C=O) groups is 1. The SMILES string of the molecule is COc1cccc2cc(C(=O)N(Cc3ccccn3)c3nc4c(C)c(Cl)ccc4s3)oc12. The second-order valence-corrected chi connectivity index (χ2v) is 8.63. The van der Waals surface area contributed by atoms with E-state index in [0.29, 0.717) is 21.5 Å². The van der Waals surface area contributed by atoms with Crippen LogP contribution in [0.25, 0.3) is 21.2 Å². The van der Waals surface area contributed by atoms with Crippen LogP contribution in [0.15, 0.2) is 65.2 Å². The molecule has 3 aromatic heterocycles. The molecule has 0 bridgehead atoms. The highest BCUT2D eigenvalue weighted by Crippen LogP contribution is 2.36. The number of para-hydroxylation sites is 1. The molecule has 0 spiro atoms. The maximum Gasteiger partial charge on any atom is 0.296 e. The number of methoxy groups -OCH3 is 1. The molecule has 2 aromatic carbocycles. The van der Waals surface area contributed by atoms with Gasteiger partial charge in [-0.15, -0.1) is 0 Å². The standard InChI is InChI=1S/C24H18ClN3O3S/c1-14-17(25)9-10-20-21(14)27-24(32-20)28(13-16-7-3-4-11-26-16)23(29)19-12-15-6-5-8-18(30-2)22(15)31-19/h3-12H,13H2,1-2H3. The third-order valence-corrected chi connectivity index (χ3v) is 6.65. The molecule has 0 N–H and O–H groups in total. The van der Waals surface area contributed by atoms with Gasteiger partial charge in [-0.3, -0.25) is 14.7 Å². The zero-order chi connectivity index (χ0) is 22.2. The number of amides is 1. The molecular weight excluding hydrogens is 446 g/mol. The fourth-order valence-corrected chi connectivity index (χ4v) is 4.69. The van der Waals surface area contributed by atoms with Gasteiger partial charge in [0.05, 0.1) is 29.6 Å². The molecule has 0 saturated carbocycles. The van der Waals surface area contributed by atoms with E-state index in [1.807, 2.05) is 49.4 Å². The van der Waals surface area contributed by atoms with E-state index in [0.717, 1.165) is 26.9 Å². The highest BCUT2D eigenvalue weighted by atomic mass is 35.5. The van der Waals surface area contributed by atoms with Crippen molar-refractivity contribution in [3.05, 3.63) is 82.8 Å². The molecule has 0 aliphatic rings. The number of ether oxygens (including phenoxy) is 1. The molecular formula is C24H18ClN3O3S. The molecule has 5 rings (SSSR count). The van der Waals surface area contributed by atoms with Gasteiger partial charge < -0.3 is 9.15 Å². The fourth-order valence-electron chi connectivity index (χ4n) is 3.52. The zero-order valence-electron chi connectivity index (χ0n) is 17.3. The Morgan fingerprint density at radius 3 is 2.84 bits per heavy atom. The minimum Gasteiger partial charge on any atom is -0.493 e. The maximum atomic E-state index is 13.7. The van der Waals surface area contributed by atoms with Crippen LogP contribution in [0.5, 0.6) is 5.75 Å². The normalized spacial score (nSPS) is 11.2. The lowest BCUT2D eigenvalue weighted by atomic mass is 10.2. The Hall–Kier alpha value is -3.42. The topological polar surface area (TPSA) is 68.5 Å². The molecule has 8 heteroatoms.